The van der Waals surface area contributed by atoms with Crippen LogP contribution in [0.15, 0.2) is 42.7 Å². The van der Waals surface area contributed by atoms with Crippen LogP contribution in [0.4, 0.5) is 5.95 Å². The number of hydrogen-bond donors (Lipinski definition) is 1. The van der Waals surface area contributed by atoms with Crippen LogP contribution in [0.25, 0.3) is 0 Å². The lowest BCUT2D eigenvalue weighted by atomic mass is 10.1. The topological polar surface area (TPSA) is 133 Å². The summed E-state index contributed by atoms with van der Waals surface area (Å²) in [4.78, 5) is 48.2. The zero-order valence-electron chi connectivity index (χ0n) is 18.6. The second-order valence-corrected chi connectivity index (χ2v) is 10.1. The molecule has 0 spiro atoms. The normalized spacial score (nSPS) is 16.6. The van der Waals surface area contributed by atoms with Crippen LogP contribution in [0.3, 0.4) is 0 Å². The molecule has 1 aromatic heterocycles. The molecule has 0 radical (unpaired) electrons. The van der Waals surface area contributed by atoms with Gasteiger partial charge in [0, 0.05) is 58.1 Å². The lowest BCUT2D eigenvalue weighted by molar-refractivity contribution is -0.121. The van der Waals surface area contributed by atoms with Gasteiger partial charge >= 0.3 is 0 Å². The summed E-state index contributed by atoms with van der Waals surface area (Å²) < 4.78 is 26.7. The van der Waals surface area contributed by atoms with Gasteiger partial charge in [0.25, 0.3) is 11.8 Å². The third-order valence-corrected chi connectivity index (χ3v) is 7.77. The Balaban J connectivity index is 1.16. The van der Waals surface area contributed by atoms with E-state index in [9.17, 15) is 22.8 Å². The van der Waals surface area contributed by atoms with Crippen molar-refractivity contribution in [2.45, 2.75) is 12.8 Å². The Bertz CT molecular complexity index is 1130. The van der Waals surface area contributed by atoms with Crippen molar-refractivity contribution in [1.29, 1.82) is 0 Å². The van der Waals surface area contributed by atoms with Crippen LogP contribution in [0, 0.1) is 0 Å². The Morgan fingerprint density at radius 3 is 2.18 bits per heavy atom. The number of fused-ring (bicyclic) bond motifs is 1. The fourth-order valence-corrected chi connectivity index (χ4v) is 5.46. The minimum atomic E-state index is -3.44. The highest BCUT2D eigenvalue weighted by molar-refractivity contribution is 7.89. The van der Waals surface area contributed by atoms with Crippen LogP contribution >= 0.6 is 0 Å². The summed E-state index contributed by atoms with van der Waals surface area (Å²) in [7, 11) is -3.44. The van der Waals surface area contributed by atoms with Gasteiger partial charge in [-0.3, -0.25) is 19.3 Å². The van der Waals surface area contributed by atoms with Crippen molar-refractivity contribution < 1.29 is 22.8 Å². The standard InChI is InChI=1S/C22H26N6O5S/c29-19(7-11-28-20(30)17-5-1-2-6-18(17)21(28)31)23-10-4-16-34(32,33)27-14-12-26(13-15-27)22-24-8-3-9-25-22/h1-3,5-6,8-9H,4,7,10-16H2,(H,23,29). The molecule has 0 atom stereocenters. The molecule has 1 N–H and O–H groups in total. The van der Waals surface area contributed by atoms with Gasteiger partial charge in [-0.15, -0.1) is 0 Å². The van der Waals surface area contributed by atoms with Crippen LogP contribution in [-0.2, 0) is 14.8 Å². The maximum Gasteiger partial charge on any atom is 0.261 e. The Morgan fingerprint density at radius 2 is 1.56 bits per heavy atom. The number of rotatable bonds is 9. The molecule has 1 fully saturated rings. The van der Waals surface area contributed by atoms with E-state index in [4.69, 9.17) is 0 Å². The SMILES string of the molecule is O=C(CCN1C(=O)c2ccccc2C1=O)NCCCS(=O)(=O)N1CCN(c2ncccn2)CC1. The van der Waals surface area contributed by atoms with Gasteiger partial charge < -0.3 is 10.2 Å². The summed E-state index contributed by atoms with van der Waals surface area (Å²) in [5.74, 6) is -0.640. The summed E-state index contributed by atoms with van der Waals surface area (Å²) >= 11 is 0. The highest BCUT2D eigenvalue weighted by atomic mass is 32.2. The Morgan fingerprint density at radius 1 is 0.941 bits per heavy atom. The molecule has 2 aliphatic heterocycles. The zero-order chi connectivity index (χ0) is 24.1. The zero-order valence-corrected chi connectivity index (χ0v) is 19.4. The molecule has 0 unspecified atom stereocenters. The van der Waals surface area contributed by atoms with Crippen LogP contribution in [0.2, 0.25) is 0 Å². The average Bonchev–Trinajstić information content (AvgIpc) is 3.10. The number of amides is 3. The largest absolute Gasteiger partial charge is 0.356 e. The van der Waals surface area contributed by atoms with E-state index in [-0.39, 0.29) is 37.6 Å². The van der Waals surface area contributed by atoms with Crippen LogP contribution in [-0.4, -0.2) is 90.3 Å². The number of nitrogens with one attached hydrogen (secondary N) is 1. The van der Waals surface area contributed by atoms with E-state index in [1.807, 2.05) is 4.90 Å². The summed E-state index contributed by atoms with van der Waals surface area (Å²) in [5.41, 5.74) is 0.686. The van der Waals surface area contributed by atoms with E-state index < -0.39 is 21.8 Å². The predicted octanol–water partition coefficient (Wildman–Crippen LogP) is 0.121. The molecule has 12 heteroatoms. The van der Waals surface area contributed by atoms with Crippen molar-refractivity contribution in [2.24, 2.45) is 0 Å². The first-order chi connectivity index (χ1) is 16.4. The van der Waals surface area contributed by atoms with Gasteiger partial charge in [0.15, 0.2) is 0 Å². The van der Waals surface area contributed by atoms with Gasteiger partial charge in [0.05, 0.1) is 16.9 Å². The lowest BCUT2D eigenvalue weighted by Crippen LogP contribution is -2.49. The van der Waals surface area contributed by atoms with E-state index in [0.29, 0.717) is 43.3 Å². The minimum absolute atomic E-state index is 0.0219. The Kier molecular flexibility index (Phi) is 7.17. The number of carbonyl (C=O) groups excluding carboxylic acids is 3. The number of hydrogen-bond acceptors (Lipinski definition) is 8. The molecule has 3 heterocycles. The molecule has 34 heavy (non-hydrogen) atoms. The molecule has 0 aliphatic carbocycles. The highest BCUT2D eigenvalue weighted by Crippen LogP contribution is 2.22. The fraction of sp³-hybridized carbons (Fsp3) is 0.409. The molecule has 3 amide bonds. The minimum Gasteiger partial charge on any atom is -0.356 e. The van der Waals surface area contributed by atoms with Gasteiger partial charge in [-0.2, -0.15) is 4.31 Å². The maximum absolute atomic E-state index is 12.6. The molecule has 180 valence electrons. The molecule has 1 saturated heterocycles. The number of imide groups is 1. The van der Waals surface area contributed by atoms with Gasteiger partial charge in [0.1, 0.15) is 0 Å². The summed E-state index contributed by atoms with van der Waals surface area (Å²) in [6.45, 7) is 1.90. The van der Waals surface area contributed by atoms with Gasteiger partial charge in [-0.05, 0) is 24.6 Å². The Labute approximate surface area is 197 Å². The first kappa shape index (κ1) is 23.8. The molecule has 11 nitrogen and oxygen atoms in total. The number of benzene rings is 1. The first-order valence-corrected chi connectivity index (χ1v) is 12.7. The van der Waals surface area contributed by atoms with E-state index >= 15 is 0 Å². The number of aromatic nitrogens is 2. The number of piperazine rings is 1. The summed E-state index contributed by atoms with van der Waals surface area (Å²) in [6, 6.07) is 8.28. The predicted molar refractivity (Wildman–Crippen MR) is 124 cm³/mol. The molecule has 2 aliphatic rings. The quantitative estimate of drug-likeness (QED) is 0.390. The number of sulfonamides is 1. The summed E-state index contributed by atoms with van der Waals surface area (Å²) in [5, 5.41) is 2.67. The van der Waals surface area contributed by atoms with Gasteiger partial charge in [-0.25, -0.2) is 18.4 Å². The molecule has 2 aromatic rings. The van der Waals surface area contributed by atoms with Crippen molar-refractivity contribution in [2.75, 3.05) is 49.9 Å². The second-order valence-electron chi connectivity index (χ2n) is 8.01. The number of carbonyl (C=O) groups is 3. The van der Waals surface area contributed by atoms with Crippen molar-refractivity contribution in [3.8, 4) is 0 Å². The van der Waals surface area contributed by atoms with E-state index in [1.165, 1.54) is 4.31 Å². The maximum atomic E-state index is 12.6. The lowest BCUT2D eigenvalue weighted by Gasteiger charge is -2.33. The van der Waals surface area contributed by atoms with Crippen molar-refractivity contribution in [3.05, 3.63) is 53.9 Å². The first-order valence-electron chi connectivity index (χ1n) is 11.1. The van der Waals surface area contributed by atoms with E-state index in [1.54, 1.807) is 42.7 Å². The van der Waals surface area contributed by atoms with Crippen molar-refractivity contribution >= 4 is 33.7 Å². The molecule has 0 bridgehead atoms. The molecule has 0 saturated carbocycles. The van der Waals surface area contributed by atoms with Crippen molar-refractivity contribution in [1.82, 2.24) is 24.5 Å². The Hall–Kier alpha value is -3.38. The summed E-state index contributed by atoms with van der Waals surface area (Å²) in [6.07, 6.45) is 3.53. The highest BCUT2D eigenvalue weighted by Gasteiger charge is 2.35. The molecular formula is C22H26N6O5S. The molecule has 4 rings (SSSR count). The van der Waals surface area contributed by atoms with Crippen LogP contribution in [0.1, 0.15) is 33.6 Å². The number of nitrogens with zero attached hydrogens (tertiary/aromatic N) is 5. The van der Waals surface area contributed by atoms with E-state index in [2.05, 4.69) is 15.3 Å². The van der Waals surface area contributed by atoms with Gasteiger partial charge in [-0.1, -0.05) is 12.1 Å². The monoisotopic (exact) mass is 486 g/mol. The third kappa shape index (κ3) is 5.23. The molecular weight excluding hydrogens is 460 g/mol. The molecule has 1 aromatic carbocycles. The van der Waals surface area contributed by atoms with Crippen LogP contribution < -0.4 is 10.2 Å². The third-order valence-electron chi connectivity index (χ3n) is 5.81. The van der Waals surface area contributed by atoms with E-state index in [0.717, 1.165) is 4.90 Å². The average molecular weight is 487 g/mol. The fourth-order valence-electron chi connectivity index (χ4n) is 3.98. The smallest absolute Gasteiger partial charge is 0.261 e. The second kappa shape index (κ2) is 10.3. The van der Waals surface area contributed by atoms with Crippen LogP contribution in [0.5, 0.6) is 0 Å². The van der Waals surface area contributed by atoms with Gasteiger partial charge in [0.2, 0.25) is 21.9 Å². The number of anilines is 1. The van der Waals surface area contributed by atoms with Crippen molar-refractivity contribution in [3.63, 3.8) is 0 Å².